The van der Waals surface area contributed by atoms with Gasteiger partial charge in [0.15, 0.2) is 5.94 Å². The molecular weight excluding hydrogens is 612 g/mol. The molecule has 2 saturated heterocycles. The number of carbonyl (C=O) groups excluding carboxylic acids is 2. The summed E-state index contributed by atoms with van der Waals surface area (Å²) < 4.78 is 11.3. The molecule has 8 heteroatoms. The molecule has 6 rings (SSSR count). The minimum Gasteiger partial charge on any atom is -0.496 e. The summed E-state index contributed by atoms with van der Waals surface area (Å²) in [7, 11) is 1.56. The van der Waals surface area contributed by atoms with Gasteiger partial charge < -0.3 is 25.0 Å². The number of hydrogen-bond donors (Lipinski definition) is 2. The zero-order valence-electron chi connectivity index (χ0n) is 30.2. The molecule has 2 aromatic rings. The van der Waals surface area contributed by atoms with Crippen molar-refractivity contribution in [2.45, 2.75) is 90.8 Å². The molecule has 2 atom stereocenters. The van der Waals surface area contributed by atoms with Crippen LogP contribution in [0.25, 0.3) is 17.2 Å². The third-order valence-corrected chi connectivity index (χ3v) is 11.2. The summed E-state index contributed by atoms with van der Waals surface area (Å²) in [5.74, 6) is 2.32. The Morgan fingerprint density at radius 3 is 2.49 bits per heavy atom. The van der Waals surface area contributed by atoms with Crippen molar-refractivity contribution in [1.82, 2.24) is 15.5 Å². The molecule has 2 aromatic carbocycles. The maximum Gasteiger partial charge on any atom is 0.251 e. The Morgan fingerprint density at radius 1 is 1.10 bits per heavy atom. The van der Waals surface area contributed by atoms with Crippen LogP contribution in [0.15, 0.2) is 65.2 Å². The Kier molecular flexibility index (Phi) is 10.2. The first-order valence-electron chi connectivity index (χ1n) is 18.0. The highest BCUT2D eigenvalue weighted by atomic mass is 16.5. The highest BCUT2D eigenvalue weighted by molar-refractivity contribution is 5.99. The fourth-order valence-corrected chi connectivity index (χ4v) is 8.88. The van der Waals surface area contributed by atoms with Gasteiger partial charge >= 0.3 is 0 Å². The van der Waals surface area contributed by atoms with Gasteiger partial charge in [-0.25, -0.2) is 4.79 Å². The quantitative estimate of drug-likeness (QED) is 0.290. The molecule has 4 aliphatic rings. The molecule has 0 saturated carbocycles. The Morgan fingerprint density at radius 2 is 1.84 bits per heavy atom. The van der Waals surface area contributed by atoms with Crippen molar-refractivity contribution in [3.63, 3.8) is 0 Å². The van der Waals surface area contributed by atoms with Gasteiger partial charge in [0.05, 0.1) is 7.11 Å². The summed E-state index contributed by atoms with van der Waals surface area (Å²) in [6.45, 7) is 16.6. The van der Waals surface area contributed by atoms with E-state index in [1.807, 2.05) is 31.9 Å². The van der Waals surface area contributed by atoms with Crippen molar-refractivity contribution in [3.8, 4) is 11.1 Å². The van der Waals surface area contributed by atoms with Gasteiger partial charge in [-0.2, -0.15) is 0 Å². The molecule has 3 aliphatic heterocycles. The number of ether oxygens (including phenoxy) is 2. The van der Waals surface area contributed by atoms with Crippen LogP contribution in [-0.4, -0.2) is 74.8 Å². The lowest BCUT2D eigenvalue weighted by Crippen LogP contribution is -2.51. The fourth-order valence-electron chi connectivity index (χ4n) is 8.88. The highest BCUT2D eigenvalue weighted by Gasteiger charge is 2.43. The number of dihydropyridines is 1. The van der Waals surface area contributed by atoms with E-state index in [2.05, 4.69) is 84.5 Å². The van der Waals surface area contributed by atoms with Crippen LogP contribution in [0.5, 0.6) is 0 Å². The van der Waals surface area contributed by atoms with E-state index in [1.165, 1.54) is 11.1 Å². The minimum absolute atomic E-state index is 0.0124. The number of hydrogen-bond acceptors (Lipinski definition) is 7. The first-order valence-corrected chi connectivity index (χ1v) is 18.0. The third-order valence-electron chi connectivity index (χ3n) is 11.2. The van der Waals surface area contributed by atoms with E-state index in [1.54, 1.807) is 7.11 Å². The Labute approximate surface area is 291 Å². The first-order chi connectivity index (χ1) is 23.6. The fraction of sp³-hybridized carbons (Fsp3) is 0.488. The van der Waals surface area contributed by atoms with Crippen LogP contribution < -0.4 is 15.5 Å². The van der Waals surface area contributed by atoms with Crippen molar-refractivity contribution in [3.05, 3.63) is 87.5 Å². The normalized spacial score (nSPS) is 24.0. The molecule has 0 radical (unpaired) electrons. The number of nitrogens with zero attached hydrogens (tertiary/aromatic N) is 2. The molecule has 0 bridgehead atoms. The van der Waals surface area contributed by atoms with Gasteiger partial charge in [0.2, 0.25) is 0 Å². The second kappa shape index (κ2) is 14.4. The zero-order chi connectivity index (χ0) is 34.9. The van der Waals surface area contributed by atoms with Crippen LogP contribution in [0.3, 0.4) is 0 Å². The number of fused-ring (bicyclic) bond motifs is 2. The Balaban J connectivity index is 1.40. The SMILES string of the molecule is CCN(c1cc(-c2ccc3c(c2)C2(C=C3)CC(C)N(CC)C(C)C2)cc(C(=O)NCC2=C(OC)C=C(C)NC2=C=O)c1C)C1CCOCC1. The molecule has 1 spiro atoms. The van der Waals surface area contributed by atoms with Crippen molar-refractivity contribution in [1.29, 1.82) is 0 Å². The Bertz CT molecular complexity index is 1730. The van der Waals surface area contributed by atoms with Crippen LogP contribution in [0.2, 0.25) is 0 Å². The van der Waals surface area contributed by atoms with Crippen LogP contribution >= 0.6 is 0 Å². The molecule has 260 valence electrons. The summed E-state index contributed by atoms with van der Waals surface area (Å²) >= 11 is 0. The summed E-state index contributed by atoms with van der Waals surface area (Å²) in [5, 5.41) is 6.15. The highest BCUT2D eigenvalue weighted by Crippen LogP contribution is 2.48. The van der Waals surface area contributed by atoms with Crippen molar-refractivity contribution >= 4 is 23.6 Å². The maximum atomic E-state index is 14.2. The molecule has 0 aromatic heterocycles. The van der Waals surface area contributed by atoms with E-state index >= 15 is 0 Å². The van der Waals surface area contributed by atoms with Gasteiger partial charge in [-0.15, -0.1) is 0 Å². The van der Waals surface area contributed by atoms with Crippen LogP contribution in [0.4, 0.5) is 5.69 Å². The molecule has 3 heterocycles. The number of allylic oxidation sites excluding steroid dienone is 3. The van der Waals surface area contributed by atoms with E-state index < -0.39 is 0 Å². The van der Waals surface area contributed by atoms with Crippen molar-refractivity contribution in [2.24, 2.45) is 0 Å². The second-order valence-corrected chi connectivity index (χ2v) is 14.2. The number of piperidine rings is 1. The number of benzene rings is 2. The smallest absolute Gasteiger partial charge is 0.251 e. The van der Waals surface area contributed by atoms with Crippen LogP contribution in [0, 0.1) is 6.92 Å². The van der Waals surface area contributed by atoms with E-state index in [0.717, 1.165) is 80.1 Å². The van der Waals surface area contributed by atoms with Gasteiger partial charge in [-0.3, -0.25) is 9.69 Å². The van der Waals surface area contributed by atoms with Gasteiger partial charge in [0, 0.05) is 72.4 Å². The lowest BCUT2D eigenvalue weighted by Gasteiger charge is -2.47. The molecular formula is C41H52N4O4. The average Bonchev–Trinajstić information content (AvgIpc) is 3.44. The van der Waals surface area contributed by atoms with Gasteiger partial charge in [-0.1, -0.05) is 31.2 Å². The topological polar surface area (TPSA) is 83.1 Å². The minimum atomic E-state index is -0.197. The number of methoxy groups -OCH3 is 1. The first kappa shape index (κ1) is 34.8. The molecule has 2 N–H and O–H groups in total. The summed E-state index contributed by atoms with van der Waals surface area (Å²) in [6, 6.07) is 12.5. The predicted octanol–water partition coefficient (Wildman–Crippen LogP) is 6.68. The number of amides is 1. The maximum absolute atomic E-state index is 14.2. The predicted molar refractivity (Wildman–Crippen MR) is 197 cm³/mol. The lowest BCUT2D eigenvalue weighted by molar-refractivity contribution is 0.0756. The molecule has 2 fully saturated rings. The standard InChI is InChI=1S/C41H52N4O4/c1-8-44-27(4)22-41(23-28(44)5)15-12-30-10-11-31(20-36(30)41)32-19-34(29(6)38(21-32)45(9-2)33-13-16-49-17-14-33)40(47)42-24-35-37(25-46)43-26(3)18-39(35)48-7/h10-12,15,18-21,27-28,33,43H,8-9,13-14,16-17,22-24H2,1-7H3,(H,42,47). The van der Waals surface area contributed by atoms with E-state index in [0.29, 0.717) is 35.0 Å². The molecule has 1 aliphatic carbocycles. The van der Waals surface area contributed by atoms with Crippen LogP contribution in [0.1, 0.15) is 87.4 Å². The van der Waals surface area contributed by atoms with Crippen molar-refractivity contribution in [2.75, 3.05) is 44.9 Å². The largest absolute Gasteiger partial charge is 0.496 e. The molecule has 8 nitrogen and oxygen atoms in total. The number of carbonyl (C=O) groups is 1. The van der Waals surface area contributed by atoms with E-state index in [-0.39, 0.29) is 23.6 Å². The molecule has 2 unspecified atom stereocenters. The number of likely N-dealkylation sites (tertiary alicyclic amines) is 1. The molecule has 1 amide bonds. The summed E-state index contributed by atoms with van der Waals surface area (Å²) in [5.41, 5.74) is 9.09. The zero-order valence-corrected chi connectivity index (χ0v) is 30.2. The van der Waals surface area contributed by atoms with Gasteiger partial charge in [-0.05, 0) is 119 Å². The number of nitrogens with one attached hydrogen (secondary N) is 2. The monoisotopic (exact) mass is 664 g/mol. The Hall–Kier alpha value is -4.10. The summed E-state index contributed by atoms with van der Waals surface area (Å²) in [6.07, 6.45) is 10.7. The van der Waals surface area contributed by atoms with E-state index in [4.69, 9.17) is 9.47 Å². The van der Waals surface area contributed by atoms with Gasteiger partial charge in [0.1, 0.15) is 11.5 Å². The van der Waals surface area contributed by atoms with Gasteiger partial charge in [0.25, 0.3) is 5.91 Å². The van der Waals surface area contributed by atoms with E-state index in [9.17, 15) is 9.59 Å². The van der Waals surface area contributed by atoms with Crippen molar-refractivity contribution < 1.29 is 19.1 Å². The molecule has 49 heavy (non-hydrogen) atoms. The van der Waals surface area contributed by atoms with Crippen LogP contribution in [-0.2, 0) is 19.7 Å². The average molecular weight is 665 g/mol. The number of anilines is 1. The third kappa shape index (κ3) is 6.62. The second-order valence-electron chi connectivity index (χ2n) is 14.2. The lowest BCUT2D eigenvalue weighted by atomic mass is 9.69. The number of rotatable bonds is 9. The summed E-state index contributed by atoms with van der Waals surface area (Å²) in [4.78, 5) is 31.1.